The van der Waals surface area contributed by atoms with Crippen LogP contribution in [0, 0.1) is 5.92 Å². The fourth-order valence-electron chi connectivity index (χ4n) is 2.77. The van der Waals surface area contributed by atoms with Gasteiger partial charge in [-0.1, -0.05) is 62.2 Å². The lowest BCUT2D eigenvalue weighted by molar-refractivity contribution is -0.137. The quantitative estimate of drug-likeness (QED) is 0.260. The zero-order chi connectivity index (χ0) is 20.1. The Morgan fingerprint density at radius 2 is 1.93 bits per heavy atom. The normalized spacial score (nSPS) is 13.7. The van der Waals surface area contributed by atoms with Crippen molar-refractivity contribution in [1.82, 2.24) is 0 Å². The van der Waals surface area contributed by atoms with Crippen LogP contribution in [0.3, 0.4) is 0 Å². The zero-order valence-electron chi connectivity index (χ0n) is 17.7. The van der Waals surface area contributed by atoms with Gasteiger partial charge in [0, 0.05) is 19.6 Å². The third kappa shape index (κ3) is 11.4. The molecule has 0 fully saturated rings. The molecule has 0 heterocycles. The van der Waals surface area contributed by atoms with E-state index >= 15 is 0 Å². The van der Waals surface area contributed by atoms with Gasteiger partial charge in [0.15, 0.2) is 0 Å². The van der Waals surface area contributed by atoms with Gasteiger partial charge in [0.1, 0.15) is 0 Å². The summed E-state index contributed by atoms with van der Waals surface area (Å²) in [4.78, 5) is 11.9. The van der Waals surface area contributed by atoms with Crippen LogP contribution in [0.4, 0.5) is 0 Å². The Balaban J connectivity index is 2.24. The third-order valence-corrected chi connectivity index (χ3v) is 4.77. The maximum absolute atomic E-state index is 11.9. The van der Waals surface area contributed by atoms with E-state index in [1.165, 1.54) is 18.4 Å². The van der Waals surface area contributed by atoms with Gasteiger partial charge in [0.05, 0.1) is 12.2 Å². The smallest absolute Gasteiger partial charge is 0.331 e. The predicted molar refractivity (Wildman–Crippen MR) is 113 cm³/mol. The molecular weight excluding hydrogens is 336 g/mol. The summed E-state index contributed by atoms with van der Waals surface area (Å²) in [5, 5.41) is 0. The topological polar surface area (TPSA) is 35.5 Å². The molecule has 0 spiro atoms. The van der Waals surface area contributed by atoms with Crippen molar-refractivity contribution in [3.63, 3.8) is 0 Å². The molecule has 0 aliphatic carbocycles. The average molecular weight is 373 g/mol. The van der Waals surface area contributed by atoms with E-state index in [1.54, 1.807) is 13.2 Å². The van der Waals surface area contributed by atoms with Gasteiger partial charge < -0.3 is 9.47 Å². The highest BCUT2D eigenvalue weighted by Gasteiger charge is 2.15. The van der Waals surface area contributed by atoms with Crippen molar-refractivity contribution in [1.29, 1.82) is 0 Å². The Kier molecular flexibility index (Phi) is 10.7. The Labute approximate surface area is 165 Å². The van der Waals surface area contributed by atoms with Crippen LogP contribution in [-0.2, 0) is 20.7 Å². The van der Waals surface area contributed by atoms with Gasteiger partial charge in [-0.3, -0.25) is 0 Å². The number of hydrogen-bond donors (Lipinski definition) is 0. The lowest BCUT2D eigenvalue weighted by Gasteiger charge is -2.23. The van der Waals surface area contributed by atoms with Crippen molar-refractivity contribution in [2.24, 2.45) is 5.92 Å². The number of carbonyl (C=O) groups excluding carboxylic acids is 1. The molecule has 0 aliphatic rings. The van der Waals surface area contributed by atoms with Gasteiger partial charge in [-0.25, -0.2) is 4.79 Å². The van der Waals surface area contributed by atoms with Crippen LogP contribution in [0.2, 0.25) is 0 Å². The summed E-state index contributed by atoms with van der Waals surface area (Å²) in [5.74, 6) is 0.349. The highest BCUT2D eigenvalue weighted by atomic mass is 16.5. The summed E-state index contributed by atoms with van der Waals surface area (Å²) < 4.78 is 10.7. The Hall–Kier alpha value is -1.87. The van der Waals surface area contributed by atoms with E-state index in [9.17, 15) is 4.79 Å². The van der Waals surface area contributed by atoms with Gasteiger partial charge in [-0.2, -0.15) is 0 Å². The zero-order valence-corrected chi connectivity index (χ0v) is 17.7. The molecule has 0 aliphatic heterocycles. The van der Waals surface area contributed by atoms with E-state index < -0.39 is 0 Å². The maximum Gasteiger partial charge on any atom is 0.331 e. The first-order valence-corrected chi connectivity index (χ1v) is 9.93. The number of hydrogen-bond acceptors (Lipinski definition) is 3. The van der Waals surface area contributed by atoms with E-state index in [-0.39, 0.29) is 11.6 Å². The number of benzene rings is 1. The highest BCUT2D eigenvalue weighted by molar-refractivity contribution is 5.83. The number of ether oxygens (including phenoxy) is 2. The average Bonchev–Trinajstić information content (AvgIpc) is 2.62. The minimum Gasteiger partial charge on any atom is -0.462 e. The fraction of sp³-hybridized carbons (Fsp3) is 0.542. The molecule has 0 radical (unpaired) electrons. The van der Waals surface area contributed by atoms with Gasteiger partial charge in [-0.05, 0) is 50.7 Å². The van der Waals surface area contributed by atoms with Crippen molar-refractivity contribution in [3.05, 3.63) is 59.7 Å². The number of allylic oxidation sites excluding steroid dienone is 3. The second-order valence-corrected chi connectivity index (χ2v) is 7.89. The predicted octanol–water partition coefficient (Wildman–Crippen LogP) is 5.90. The molecule has 1 rings (SSSR count). The van der Waals surface area contributed by atoms with Crippen LogP contribution < -0.4 is 0 Å². The molecule has 27 heavy (non-hydrogen) atoms. The van der Waals surface area contributed by atoms with Crippen LogP contribution in [0.5, 0.6) is 0 Å². The largest absolute Gasteiger partial charge is 0.462 e. The lowest BCUT2D eigenvalue weighted by Crippen LogP contribution is -2.22. The second-order valence-electron chi connectivity index (χ2n) is 7.89. The van der Waals surface area contributed by atoms with Gasteiger partial charge in [-0.15, -0.1) is 0 Å². The first-order valence-electron chi connectivity index (χ1n) is 9.93. The molecule has 150 valence electrons. The van der Waals surface area contributed by atoms with E-state index in [0.29, 0.717) is 12.5 Å². The van der Waals surface area contributed by atoms with Gasteiger partial charge in [0.2, 0.25) is 0 Å². The maximum atomic E-state index is 11.9. The van der Waals surface area contributed by atoms with Gasteiger partial charge >= 0.3 is 5.97 Å². The molecule has 3 nitrogen and oxygen atoms in total. The van der Waals surface area contributed by atoms with Crippen molar-refractivity contribution >= 4 is 5.97 Å². The number of carbonyl (C=O) groups is 1. The fourth-order valence-corrected chi connectivity index (χ4v) is 2.77. The van der Waals surface area contributed by atoms with Crippen LogP contribution in [0.25, 0.3) is 0 Å². The minimum absolute atomic E-state index is 0.0320. The van der Waals surface area contributed by atoms with E-state index in [0.717, 1.165) is 24.8 Å². The third-order valence-electron chi connectivity index (χ3n) is 4.77. The van der Waals surface area contributed by atoms with Crippen LogP contribution in [-0.4, -0.2) is 25.3 Å². The minimum atomic E-state index is -0.275. The molecule has 0 amide bonds. The summed E-state index contributed by atoms with van der Waals surface area (Å²) >= 11 is 0. The molecule has 0 aromatic heterocycles. The number of esters is 1. The Morgan fingerprint density at radius 1 is 1.22 bits per heavy atom. The summed E-state index contributed by atoms with van der Waals surface area (Å²) in [6, 6.07) is 10.0. The molecule has 0 saturated carbocycles. The van der Waals surface area contributed by atoms with Gasteiger partial charge in [0.25, 0.3) is 0 Å². The monoisotopic (exact) mass is 372 g/mol. The van der Waals surface area contributed by atoms with Crippen LogP contribution >= 0.6 is 0 Å². The molecule has 0 N–H and O–H groups in total. The first-order chi connectivity index (χ1) is 12.8. The molecular formula is C24H36O3. The molecule has 1 aromatic rings. The summed E-state index contributed by atoms with van der Waals surface area (Å²) in [6.45, 7) is 8.86. The van der Waals surface area contributed by atoms with Crippen LogP contribution in [0.15, 0.2) is 54.1 Å². The lowest BCUT2D eigenvalue weighted by atomic mass is 9.95. The van der Waals surface area contributed by atoms with E-state index in [2.05, 4.69) is 26.8 Å². The molecule has 3 heteroatoms. The molecule has 1 atom stereocenters. The Bertz CT molecular complexity index is 599. The summed E-state index contributed by atoms with van der Waals surface area (Å²) in [5.41, 5.74) is 2.07. The molecule has 1 unspecified atom stereocenters. The van der Waals surface area contributed by atoms with Crippen molar-refractivity contribution < 1.29 is 14.3 Å². The van der Waals surface area contributed by atoms with E-state index in [1.807, 2.05) is 43.3 Å². The second kappa shape index (κ2) is 12.5. The van der Waals surface area contributed by atoms with Crippen molar-refractivity contribution in [2.45, 2.75) is 65.4 Å². The van der Waals surface area contributed by atoms with Crippen LogP contribution in [0.1, 0.15) is 58.9 Å². The highest BCUT2D eigenvalue weighted by Crippen LogP contribution is 2.20. The molecule has 1 aromatic carbocycles. The summed E-state index contributed by atoms with van der Waals surface area (Å²) in [7, 11) is 1.77. The Morgan fingerprint density at radius 3 is 2.59 bits per heavy atom. The SMILES string of the molecule is COC(C)(C)CCCC(C)CC=CC(C)=CC(=O)OCCc1ccccc1. The van der Waals surface area contributed by atoms with Crippen molar-refractivity contribution in [3.8, 4) is 0 Å². The number of rotatable bonds is 12. The molecule has 0 saturated heterocycles. The van der Waals surface area contributed by atoms with Crippen molar-refractivity contribution in [2.75, 3.05) is 13.7 Å². The molecule has 0 bridgehead atoms. The standard InChI is InChI=1S/C24H36O3/c1-20(13-10-17-24(3,4)26-5)11-9-12-21(2)19-23(25)27-18-16-22-14-7-6-8-15-22/h6-9,12,14-15,19-20H,10-11,13,16-18H2,1-5H3. The first kappa shape index (κ1) is 23.2. The summed E-state index contributed by atoms with van der Waals surface area (Å²) in [6.07, 6.45) is 10.9. The number of methoxy groups -OCH3 is 1. The van der Waals surface area contributed by atoms with E-state index in [4.69, 9.17) is 9.47 Å².